The topological polar surface area (TPSA) is 147 Å². The van der Waals surface area contributed by atoms with Crippen LogP contribution in [-0.2, 0) is 28.9 Å². The third kappa shape index (κ3) is 7.93. The van der Waals surface area contributed by atoms with E-state index in [0.29, 0.717) is 17.9 Å². The van der Waals surface area contributed by atoms with Crippen LogP contribution in [0.3, 0.4) is 0 Å². The molecule has 1 unspecified atom stereocenters. The van der Waals surface area contributed by atoms with Gasteiger partial charge in [0.25, 0.3) is 14.1 Å². The van der Waals surface area contributed by atoms with Gasteiger partial charge in [0.05, 0.1) is 46.0 Å². The molecule has 298 valence electrons. The van der Waals surface area contributed by atoms with Crippen molar-refractivity contribution < 1.29 is 32.7 Å². The van der Waals surface area contributed by atoms with E-state index in [9.17, 15) is 14.9 Å². The number of rotatable bonds is 18. The van der Waals surface area contributed by atoms with Crippen LogP contribution in [0.2, 0.25) is 0 Å². The van der Waals surface area contributed by atoms with E-state index >= 15 is 0 Å². The Balaban J connectivity index is 1.54. The van der Waals surface area contributed by atoms with E-state index in [1.165, 1.54) is 16.8 Å². The highest BCUT2D eigenvalue weighted by molar-refractivity contribution is 7.44. The fourth-order valence-electron chi connectivity index (χ4n) is 7.80. The molecule has 6 atom stereocenters. The number of ether oxygens (including phenoxy) is 5. The summed E-state index contributed by atoms with van der Waals surface area (Å²) in [5.74, 6) is 1.38. The molecule has 0 amide bonds. The Hall–Kier alpha value is -4.38. The van der Waals surface area contributed by atoms with Crippen molar-refractivity contribution in [3.8, 4) is 17.6 Å². The van der Waals surface area contributed by atoms with Crippen molar-refractivity contribution in [1.29, 1.82) is 5.26 Å². The molecule has 2 fully saturated rings. The molecule has 2 bridgehead atoms. The predicted octanol–water partition coefficient (Wildman–Crippen LogP) is 6.67. The lowest BCUT2D eigenvalue weighted by molar-refractivity contribution is -0.235. The zero-order chi connectivity index (χ0) is 40.0. The Morgan fingerprint density at radius 3 is 2.04 bits per heavy atom. The number of hydrogen-bond acceptors (Lipinski definition) is 11. The molecule has 6 rings (SSSR count). The molecule has 1 aromatic heterocycles. The zero-order valence-electron chi connectivity index (χ0n) is 32.9. The first-order chi connectivity index (χ1) is 27.0. The summed E-state index contributed by atoms with van der Waals surface area (Å²) >= 11 is 0. The molecular formula is C42H51N4O9P. The Bertz CT molecular complexity index is 2000. The van der Waals surface area contributed by atoms with Crippen molar-refractivity contribution >= 4 is 8.53 Å². The molecule has 2 aliphatic heterocycles. The van der Waals surface area contributed by atoms with Gasteiger partial charge in [-0.3, -0.25) is 14.3 Å². The number of fused-ring (bicyclic) bond motifs is 2. The smallest absolute Gasteiger partial charge is 0.330 e. The summed E-state index contributed by atoms with van der Waals surface area (Å²) in [5.41, 5.74) is -1.17. The fraction of sp³-hybridized carbons (Fsp3) is 0.452. The van der Waals surface area contributed by atoms with E-state index in [0.717, 1.165) is 16.7 Å². The van der Waals surface area contributed by atoms with Crippen LogP contribution in [0.1, 0.15) is 70.4 Å². The number of nitrogens with zero attached hydrogens (tertiary/aromatic N) is 3. The van der Waals surface area contributed by atoms with Gasteiger partial charge < -0.3 is 32.7 Å². The van der Waals surface area contributed by atoms with Crippen LogP contribution in [0.25, 0.3) is 0 Å². The number of aromatic amines is 1. The average molecular weight is 787 g/mol. The molecule has 2 saturated heterocycles. The van der Waals surface area contributed by atoms with Gasteiger partial charge in [0.15, 0.2) is 6.23 Å². The van der Waals surface area contributed by atoms with Gasteiger partial charge in [0.2, 0.25) is 0 Å². The van der Waals surface area contributed by atoms with E-state index < -0.39 is 55.5 Å². The fourth-order valence-corrected chi connectivity index (χ4v) is 9.60. The Morgan fingerprint density at radius 2 is 1.52 bits per heavy atom. The maximum Gasteiger partial charge on any atom is 0.330 e. The summed E-state index contributed by atoms with van der Waals surface area (Å²) in [7, 11) is 1.47. The number of aromatic nitrogens is 2. The summed E-state index contributed by atoms with van der Waals surface area (Å²) in [5, 5.41) is 9.41. The van der Waals surface area contributed by atoms with Gasteiger partial charge >= 0.3 is 5.69 Å². The first-order valence-corrected chi connectivity index (χ1v) is 20.0. The molecule has 56 heavy (non-hydrogen) atoms. The summed E-state index contributed by atoms with van der Waals surface area (Å²) in [4.78, 5) is 27.9. The van der Waals surface area contributed by atoms with Crippen LogP contribution in [-0.4, -0.2) is 77.7 Å². The van der Waals surface area contributed by atoms with Crippen LogP contribution in [0.15, 0.2) is 101 Å². The van der Waals surface area contributed by atoms with Gasteiger partial charge in [-0.1, -0.05) is 61.5 Å². The second kappa shape index (κ2) is 17.8. The van der Waals surface area contributed by atoms with Gasteiger partial charge in [-0.05, 0) is 75.1 Å². The third-order valence-electron chi connectivity index (χ3n) is 10.3. The Kier molecular flexibility index (Phi) is 13.1. The van der Waals surface area contributed by atoms with Crippen LogP contribution >= 0.6 is 8.53 Å². The number of benzene rings is 3. The second-order valence-corrected chi connectivity index (χ2v) is 15.8. The zero-order valence-corrected chi connectivity index (χ0v) is 33.8. The summed E-state index contributed by atoms with van der Waals surface area (Å²) in [6.45, 7) is 10.5. The van der Waals surface area contributed by atoms with E-state index in [1.807, 2.05) is 85.8 Å². The number of nitriles is 1. The molecule has 3 aromatic carbocycles. The van der Waals surface area contributed by atoms with Gasteiger partial charge in [0.1, 0.15) is 34.9 Å². The minimum atomic E-state index is -1.78. The lowest BCUT2D eigenvalue weighted by atomic mass is 9.79. The van der Waals surface area contributed by atoms with Crippen LogP contribution in [0, 0.1) is 11.3 Å². The Labute approximate surface area is 329 Å². The number of nitrogens with one attached hydrogen (secondary N) is 1. The summed E-state index contributed by atoms with van der Waals surface area (Å²) in [6, 6.07) is 29.0. The van der Waals surface area contributed by atoms with Gasteiger partial charge in [-0.2, -0.15) is 5.26 Å². The van der Waals surface area contributed by atoms with E-state index in [4.69, 9.17) is 32.7 Å². The molecule has 13 nitrogen and oxygen atoms in total. The van der Waals surface area contributed by atoms with Crippen molar-refractivity contribution in [2.24, 2.45) is 0 Å². The summed E-state index contributed by atoms with van der Waals surface area (Å²) < 4.78 is 49.5. The molecule has 0 saturated carbocycles. The lowest BCUT2D eigenvalue weighted by Gasteiger charge is -2.45. The molecule has 14 heteroatoms. The molecular weight excluding hydrogens is 735 g/mol. The normalized spacial score (nSPS) is 21.7. The molecule has 1 N–H and O–H groups in total. The van der Waals surface area contributed by atoms with Gasteiger partial charge in [-0.25, -0.2) is 9.46 Å². The quantitative estimate of drug-likeness (QED) is 0.0656. The molecule has 0 aliphatic carbocycles. The maximum absolute atomic E-state index is 13.3. The SMILES string of the molecule is CC[C@H](OC(c1ccccc1)(c1ccc(OC)cc1)c1ccc(OC)cc1)[C@@]12CO[C@@H]([C@H](n3ccc(=O)[nH]c3=O)O1)[C@@H]2OP(OCCC#N)N(C(C)C)C(C)C. The first-order valence-electron chi connectivity index (χ1n) is 18.9. The van der Waals surface area contributed by atoms with Crippen molar-refractivity contribution in [2.45, 2.75) is 95.3 Å². The molecule has 4 aromatic rings. The molecule has 3 heterocycles. The number of methoxy groups -OCH3 is 2. The number of hydrogen-bond donors (Lipinski definition) is 1. The van der Waals surface area contributed by atoms with E-state index in [2.05, 4.69) is 43.4 Å². The monoisotopic (exact) mass is 786 g/mol. The maximum atomic E-state index is 13.3. The highest BCUT2D eigenvalue weighted by atomic mass is 31.2. The van der Waals surface area contributed by atoms with Crippen molar-refractivity contribution in [1.82, 2.24) is 14.2 Å². The van der Waals surface area contributed by atoms with Crippen LogP contribution < -0.4 is 20.7 Å². The summed E-state index contributed by atoms with van der Waals surface area (Å²) in [6.07, 6.45) is -1.29. The highest BCUT2D eigenvalue weighted by Crippen LogP contribution is 2.58. The second-order valence-electron chi connectivity index (χ2n) is 14.3. The lowest BCUT2D eigenvalue weighted by Crippen LogP contribution is -2.56. The molecule has 0 spiro atoms. The average Bonchev–Trinajstić information content (AvgIpc) is 3.70. The standard InChI is InChI=1S/C42H51N4O9P/c1-8-35(53-42(30-13-10-9-11-14-30,31-15-19-33(49-6)20-16-31)32-17-21-34(50-7)22-18-32)41-27-51-37(39(54-41)45-25-23-36(47)44-40(45)48)38(41)55-56(52-26-12-24-43)46(28(2)3)29(4)5/h9-11,13-23,25,28-29,35,37-39H,8,12,26-27H2,1-7H3,(H,44,47,48)/t35-,37+,38-,39+,41+,56?/m0/s1. The first kappa shape index (κ1) is 41.3. The van der Waals surface area contributed by atoms with Crippen LogP contribution in [0.4, 0.5) is 0 Å². The van der Waals surface area contributed by atoms with Crippen LogP contribution in [0.5, 0.6) is 11.5 Å². The van der Waals surface area contributed by atoms with E-state index in [-0.39, 0.29) is 31.7 Å². The minimum absolute atomic E-state index is 0.0201. The largest absolute Gasteiger partial charge is 0.497 e. The third-order valence-corrected chi connectivity index (χ3v) is 12.4. The highest BCUT2D eigenvalue weighted by Gasteiger charge is 2.68. The van der Waals surface area contributed by atoms with Gasteiger partial charge in [0, 0.05) is 24.3 Å². The van der Waals surface area contributed by atoms with E-state index in [1.54, 1.807) is 14.2 Å². The molecule has 2 aliphatic rings. The minimum Gasteiger partial charge on any atom is -0.497 e. The Morgan fingerprint density at radius 1 is 0.929 bits per heavy atom. The van der Waals surface area contributed by atoms with Crippen molar-refractivity contribution in [3.63, 3.8) is 0 Å². The predicted molar refractivity (Wildman–Crippen MR) is 211 cm³/mol. The van der Waals surface area contributed by atoms with Crippen molar-refractivity contribution in [2.75, 3.05) is 27.4 Å². The number of H-pyrrole nitrogens is 1. The van der Waals surface area contributed by atoms with Crippen molar-refractivity contribution in [3.05, 3.63) is 129 Å². The molecule has 0 radical (unpaired) electrons. The van der Waals surface area contributed by atoms with Gasteiger partial charge in [-0.15, -0.1) is 0 Å².